The summed E-state index contributed by atoms with van der Waals surface area (Å²) in [6.07, 6.45) is 20.5. The molecular weight excluding hydrogens is 497 g/mol. The van der Waals surface area contributed by atoms with Crippen LogP contribution in [0, 0.1) is 47.3 Å². The highest BCUT2D eigenvalue weighted by Gasteiger charge is 2.40. The molecule has 0 aromatic rings. The molecule has 0 spiro atoms. The number of nitrogens with two attached hydrogens (primary N) is 1. The van der Waals surface area contributed by atoms with Gasteiger partial charge in [0, 0.05) is 6.04 Å². The van der Waals surface area contributed by atoms with Crippen molar-refractivity contribution in [2.45, 2.75) is 110 Å². The molecular formula is C29H58Cl3N3. The molecule has 6 heteroatoms. The second-order valence-corrected chi connectivity index (χ2v) is 12.7. The van der Waals surface area contributed by atoms with Crippen LogP contribution in [0.15, 0.2) is 0 Å². The molecule has 0 heterocycles. The molecule has 4 unspecified atom stereocenters. The van der Waals surface area contributed by atoms with E-state index >= 15 is 0 Å². The van der Waals surface area contributed by atoms with Gasteiger partial charge in [0.05, 0.1) is 0 Å². The van der Waals surface area contributed by atoms with Crippen LogP contribution in [0.3, 0.4) is 0 Å². The highest BCUT2D eigenvalue weighted by molar-refractivity contribution is 5.86. The van der Waals surface area contributed by atoms with Gasteiger partial charge in [0.15, 0.2) is 0 Å². The monoisotopic (exact) mass is 553 g/mol. The Hall–Kier alpha value is 0.750. The van der Waals surface area contributed by atoms with Crippen LogP contribution in [0.5, 0.6) is 0 Å². The van der Waals surface area contributed by atoms with Crippen molar-refractivity contribution in [3.8, 4) is 0 Å². The van der Waals surface area contributed by atoms with E-state index in [2.05, 4.69) is 24.5 Å². The first kappa shape index (κ1) is 33.8. The molecule has 35 heavy (non-hydrogen) atoms. The molecule has 6 saturated carbocycles. The van der Waals surface area contributed by atoms with Crippen LogP contribution >= 0.6 is 37.2 Å². The van der Waals surface area contributed by atoms with E-state index in [0.717, 1.165) is 79.4 Å². The van der Waals surface area contributed by atoms with Crippen LogP contribution in [0.1, 0.15) is 104 Å². The SMILES string of the molecule is CC(CC(CC(C)C1CC2CCC1CC2)NCCCNCCCN)C1CC2CCC1CC2.Cl.Cl.Cl. The van der Waals surface area contributed by atoms with Crippen LogP contribution in [-0.4, -0.2) is 32.2 Å². The standard InChI is InChI=1S/C29H55N3.3ClH/c1-21(28-19-23-5-9-25(28)10-6-23)17-27(32-16-4-15-31-14-3-13-30)18-22(2)29-20-24-7-11-26(29)12-8-24;;;/h21-29,31-32H,3-20,30H2,1-2H3;3*1H. The third-order valence-electron chi connectivity index (χ3n) is 10.5. The largest absolute Gasteiger partial charge is 0.330 e. The smallest absolute Gasteiger partial charge is 0.00723 e. The summed E-state index contributed by atoms with van der Waals surface area (Å²) in [5.41, 5.74) is 5.62. The average Bonchev–Trinajstić information content (AvgIpc) is 2.84. The Morgan fingerprint density at radius 1 is 0.657 bits per heavy atom. The Balaban J connectivity index is 0.00000204. The molecule has 6 aliphatic rings. The second kappa shape index (κ2) is 17.4. The summed E-state index contributed by atoms with van der Waals surface area (Å²) in [7, 11) is 0. The van der Waals surface area contributed by atoms with Gasteiger partial charge in [0.2, 0.25) is 0 Å². The minimum Gasteiger partial charge on any atom is -0.330 e. The van der Waals surface area contributed by atoms with Crippen molar-refractivity contribution < 1.29 is 0 Å². The maximum Gasteiger partial charge on any atom is 0.00723 e. The zero-order chi connectivity index (χ0) is 22.3. The Kier molecular flexibility index (Phi) is 16.8. The van der Waals surface area contributed by atoms with E-state index in [0.29, 0.717) is 0 Å². The molecule has 4 bridgehead atoms. The molecule has 6 rings (SSSR count). The first-order valence-electron chi connectivity index (χ1n) is 14.8. The van der Waals surface area contributed by atoms with Crippen molar-refractivity contribution >= 4 is 37.2 Å². The van der Waals surface area contributed by atoms with Crippen LogP contribution in [0.25, 0.3) is 0 Å². The molecule has 0 aromatic carbocycles. The van der Waals surface area contributed by atoms with Gasteiger partial charge in [-0.1, -0.05) is 39.5 Å². The average molecular weight is 555 g/mol. The molecule has 4 N–H and O–H groups in total. The zero-order valence-corrected chi connectivity index (χ0v) is 25.2. The van der Waals surface area contributed by atoms with Gasteiger partial charge in [-0.2, -0.15) is 0 Å². The topological polar surface area (TPSA) is 50.1 Å². The Morgan fingerprint density at radius 2 is 1.11 bits per heavy atom. The van der Waals surface area contributed by atoms with Crippen molar-refractivity contribution in [1.82, 2.24) is 10.6 Å². The van der Waals surface area contributed by atoms with Gasteiger partial charge in [-0.05, 0) is 138 Å². The van der Waals surface area contributed by atoms with Crippen molar-refractivity contribution in [2.75, 3.05) is 26.2 Å². The fourth-order valence-corrected chi connectivity index (χ4v) is 8.63. The molecule has 6 aliphatic carbocycles. The lowest BCUT2D eigenvalue weighted by Gasteiger charge is -2.47. The number of rotatable bonds is 14. The van der Waals surface area contributed by atoms with Crippen molar-refractivity contribution in [2.24, 2.45) is 53.1 Å². The van der Waals surface area contributed by atoms with Crippen LogP contribution < -0.4 is 16.4 Å². The molecule has 0 aromatic heterocycles. The van der Waals surface area contributed by atoms with E-state index in [1.807, 2.05) is 0 Å². The Bertz CT molecular complexity index is 497. The highest BCUT2D eigenvalue weighted by Crippen LogP contribution is 2.50. The first-order valence-corrected chi connectivity index (χ1v) is 14.8. The fraction of sp³-hybridized carbons (Fsp3) is 1.00. The Morgan fingerprint density at radius 3 is 1.51 bits per heavy atom. The molecule has 210 valence electrons. The third-order valence-corrected chi connectivity index (χ3v) is 10.5. The highest BCUT2D eigenvalue weighted by atomic mass is 35.5. The lowest BCUT2D eigenvalue weighted by atomic mass is 9.59. The van der Waals surface area contributed by atoms with Gasteiger partial charge in [0.1, 0.15) is 0 Å². The maximum atomic E-state index is 5.62. The summed E-state index contributed by atoms with van der Waals surface area (Å²) in [6, 6.07) is 0.727. The predicted octanol–water partition coefficient (Wildman–Crippen LogP) is 7.24. The minimum absolute atomic E-state index is 0. The number of halogens is 3. The van der Waals surface area contributed by atoms with E-state index in [1.54, 1.807) is 12.8 Å². The van der Waals surface area contributed by atoms with Crippen LogP contribution in [0.2, 0.25) is 0 Å². The molecule has 6 fully saturated rings. The van der Waals surface area contributed by atoms with Crippen molar-refractivity contribution in [1.29, 1.82) is 0 Å². The Labute approximate surface area is 236 Å². The van der Waals surface area contributed by atoms with Crippen LogP contribution in [0.4, 0.5) is 0 Å². The lowest BCUT2D eigenvalue weighted by Crippen LogP contribution is -2.41. The predicted molar refractivity (Wildman–Crippen MR) is 159 cm³/mol. The molecule has 0 aliphatic heterocycles. The molecule has 3 nitrogen and oxygen atoms in total. The third kappa shape index (κ3) is 9.77. The summed E-state index contributed by atoms with van der Waals surface area (Å²) in [6.45, 7) is 9.40. The summed E-state index contributed by atoms with van der Waals surface area (Å²) >= 11 is 0. The van der Waals surface area contributed by atoms with Crippen LogP contribution in [-0.2, 0) is 0 Å². The van der Waals surface area contributed by atoms with Gasteiger partial charge >= 0.3 is 0 Å². The molecule has 0 saturated heterocycles. The molecule has 0 amide bonds. The molecule has 4 atom stereocenters. The number of hydrogen-bond donors (Lipinski definition) is 3. The first-order chi connectivity index (χ1) is 15.6. The summed E-state index contributed by atoms with van der Waals surface area (Å²) in [5.74, 6) is 8.07. The van der Waals surface area contributed by atoms with E-state index in [1.165, 1.54) is 77.2 Å². The number of fused-ring (bicyclic) bond motifs is 6. The summed E-state index contributed by atoms with van der Waals surface area (Å²) < 4.78 is 0. The minimum atomic E-state index is 0. The van der Waals surface area contributed by atoms with Gasteiger partial charge in [-0.25, -0.2) is 0 Å². The second-order valence-electron chi connectivity index (χ2n) is 12.7. The number of hydrogen-bond acceptors (Lipinski definition) is 3. The molecule has 0 radical (unpaired) electrons. The maximum absolute atomic E-state index is 5.62. The normalized spacial score (nSPS) is 33.7. The van der Waals surface area contributed by atoms with Crippen molar-refractivity contribution in [3.63, 3.8) is 0 Å². The van der Waals surface area contributed by atoms with E-state index in [-0.39, 0.29) is 37.2 Å². The van der Waals surface area contributed by atoms with Gasteiger partial charge < -0.3 is 16.4 Å². The summed E-state index contributed by atoms with van der Waals surface area (Å²) in [4.78, 5) is 0. The van der Waals surface area contributed by atoms with Gasteiger partial charge in [0.25, 0.3) is 0 Å². The summed E-state index contributed by atoms with van der Waals surface area (Å²) in [5, 5.41) is 7.64. The van der Waals surface area contributed by atoms with Gasteiger partial charge in [-0.15, -0.1) is 37.2 Å². The van der Waals surface area contributed by atoms with Crippen molar-refractivity contribution in [3.05, 3.63) is 0 Å². The van der Waals surface area contributed by atoms with E-state index in [4.69, 9.17) is 5.73 Å². The zero-order valence-electron chi connectivity index (χ0n) is 22.7. The lowest BCUT2D eigenvalue weighted by molar-refractivity contribution is 0.0435. The van der Waals surface area contributed by atoms with Gasteiger partial charge in [-0.3, -0.25) is 0 Å². The quantitative estimate of drug-likeness (QED) is 0.198. The number of nitrogens with one attached hydrogen (secondary N) is 2. The van der Waals surface area contributed by atoms with E-state index < -0.39 is 0 Å². The van der Waals surface area contributed by atoms with E-state index in [9.17, 15) is 0 Å². The fourth-order valence-electron chi connectivity index (χ4n) is 8.63.